The number of allylic oxidation sites excluding steroid dienone is 2. The molecule has 0 spiro atoms. The first kappa shape index (κ1) is 23.1. The van der Waals surface area contributed by atoms with Gasteiger partial charge in [-0.15, -0.1) is 0 Å². The molecule has 29 heavy (non-hydrogen) atoms. The third-order valence-electron chi connectivity index (χ3n) is 7.73. The minimum atomic E-state index is -2.20. The summed E-state index contributed by atoms with van der Waals surface area (Å²) < 4.78 is 5.16. The van der Waals surface area contributed by atoms with Crippen molar-refractivity contribution in [1.82, 2.24) is 0 Å². The topological polar surface area (TPSA) is 0 Å². The van der Waals surface area contributed by atoms with E-state index in [1.165, 1.54) is 24.0 Å². The Morgan fingerprint density at radius 2 is 1.14 bits per heavy atom. The van der Waals surface area contributed by atoms with E-state index < -0.39 is 20.3 Å². The number of halogens is 2. The Balaban J connectivity index is 0.00000120. The van der Waals surface area contributed by atoms with Gasteiger partial charge in [-0.1, -0.05) is 0 Å². The summed E-state index contributed by atoms with van der Waals surface area (Å²) in [6, 6.07) is 18.3. The van der Waals surface area contributed by atoms with E-state index in [0.29, 0.717) is 11.8 Å². The van der Waals surface area contributed by atoms with E-state index in [9.17, 15) is 0 Å². The van der Waals surface area contributed by atoms with Gasteiger partial charge in [0, 0.05) is 0 Å². The normalized spacial score (nSPS) is 23.0. The molecule has 3 aliphatic rings. The minimum Gasteiger partial charge on any atom is -1.00 e. The summed E-state index contributed by atoms with van der Waals surface area (Å²) in [5.74, 6) is 1.39. The summed E-state index contributed by atoms with van der Waals surface area (Å²) in [6.45, 7) is 4.95. The fourth-order valence-corrected chi connectivity index (χ4v) is 25.3. The molecule has 4 unspecified atom stereocenters. The van der Waals surface area contributed by atoms with Crippen molar-refractivity contribution in [2.45, 2.75) is 54.0 Å². The molecular formula is C26H30Cl2Zr. The van der Waals surface area contributed by atoms with E-state index in [1.807, 2.05) is 0 Å². The van der Waals surface area contributed by atoms with Gasteiger partial charge in [-0.05, 0) is 0 Å². The van der Waals surface area contributed by atoms with E-state index in [4.69, 9.17) is 0 Å². The van der Waals surface area contributed by atoms with Crippen LogP contribution in [0.25, 0.3) is 12.2 Å². The molecule has 2 aliphatic carbocycles. The summed E-state index contributed by atoms with van der Waals surface area (Å²) in [7, 11) is 0. The third kappa shape index (κ3) is 3.77. The van der Waals surface area contributed by atoms with E-state index >= 15 is 0 Å². The zero-order valence-corrected chi connectivity index (χ0v) is 21.3. The maximum absolute atomic E-state index is 2.56. The molecule has 0 radical (unpaired) electrons. The molecule has 1 saturated heterocycles. The number of benzene rings is 2. The molecule has 0 saturated carbocycles. The smallest absolute Gasteiger partial charge is 1.00 e. The monoisotopic (exact) mass is 502 g/mol. The van der Waals surface area contributed by atoms with Crippen LogP contribution in [0, 0.1) is 0 Å². The quantitative estimate of drug-likeness (QED) is 0.565. The predicted octanol–water partition coefficient (Wildman–Crippen LogP) is 2.02. The van der Waals surface area contributed by atoms with Gasteiger partial charge in [-0.3, -0.25) is 0 Å². The molecule has 1 heterocycles. The van der Waals surface area contributed by atoms with E-state index in [-0.39, 0.29) is 24.8 Å². The molecule has 0 amide bonds. The van der Waals surface area contributed by atoms with Crippen molar-refractivity contribution in [3.05, 3.63) is 82.9 Å². The maximum atomic E-state index is 2.56. The second-order valence-corrected chi connectivity index (χ2v) is 21.0. The van der Waals surface area contributed by atoms with E-state index in [1.54, 1.807) is 19.4 Å². The zero-order chi connectivity index (χ0) is 18.4. The molecule has 0 bridgehead atoms. The van der Waals surface area contributed by atoms with Gasteiger partial charge in [0.05, 0.1) is 0 Å². The zero-order valence-electron chi connectivity index (χ0n) is 17.3. The molecule has 0 N–H and O–H groups in total. The van der Waals surface area contributed by atoms with Crippen molar-refractivity contribution < 1.29 is 45.1 Å². The van der Waals surface area contributed by atoms with Crippen molar-refractivity contribution in [2.75, 3.05) is 0 Å². The molecule has 2 aromatic rings. The van der Waals surface area contributed by atoms with Crippen LogP contribution in [0.1, 0.15) is 60.8 Å². The van der Waals surface area contributed by atoms with Gasteiger partial charge in [0.2, 0.25) is 0 Å². The number of hydrogen-bond acceptors (Lipinski definition) is 0. The molecule has 2 aromatic carbocycles. The molecule has 0 aromatic heterocycles. The predicted molar refractivity (Wildman–Crippen MR) is 114 cm³/mol. The van der Waals surface area contributed by atoms with Crippen LogP contribution in [0.5, 0.6) is 0 Å². The maximum Gasteiger partial charge on any atom is -1.00 e. The van der Waals surface area contributed by atoms with Crippen molar-refractivity contribution >= 4 is 12.2 Å². The third-order valence-corrected chi connectivity index (χ3v) is 22.8. The number of hydrogen-bond donors (Lipinski definition) is 0. The van der Waals surface area contributed by atoms with Crippen molar-refractivity contribution in [1.29, 1.82) is 0 Å². The average Bonchev–Trinajstić information content (AvgIpc) is 3.20. The van der Waals surface area contributed by atoms with Crippen LogP contribution in [0.3, 0.4) is 0 Å². The molecule has 4 atom stereocenters. The van der Waals surface area contributed by atoms with Gasteiger partial charge in [-0.2, -0.15) is 0 Å². The van der Waals surface area contributed by atoms with Crippen LogP contribution >= 0.6 is 0 Å². The van der Waals surface area contributed by atoms with Gasteiger partial charge in [-0.25, -0.2) is 0 Å². The Hall–Kier alpha value is -0.617. The largest absolute Gasteiger partial charge is 1.00 e. The molecule has 1 aliphatic heterocycles. The number of fused-ring (bicyclic) bond motifs is 2. The second kappa shape index (κ2) is 9.25. The minimum absolute atomic E-state index is 0. The van der Waals surface area contributed by atoms with Gasteiger partial charge in [0.25, 0.3) is 0 Å². The molecule has 5 rings (SSSR count). The van der Waals surface area contributed by atoms with Crippen LogP contribution in [0.15, 0.2) is 60.7 Å². The molecule has 3 heteroatoms. The van der Waals surface area contributed by atoms with Crippen molar-refractivity contribution in [3.63, 3.8) is 0 Å². The summed E-state index contributed by atoms with van der Waals surface area (Å²) in [6.07, 6.45) is 12.6. The first-order valence-electron chi connectivity index (χ1n) is 10.8. The SMILES string of the molecule is CC[CH](C1C=Cc2ccccc21)[Zr+2]1([CH](CC)C2C=Cc3ccccc32)[CH2][CH2]1.[Cl-].[Cl-]. The van der Waals surface area contributed by atoms with Crippen LogP contribution in [-0.2, 0) is 20.3 Å². The van der Waals surface area contributed by atoms with Crippen molar-refractivity contribution in [3.8, 4) is 0 Å². The standard InChI is InChI=1S/2C12H13.C2H4.2ClH.Zr/c2*1-2-5-10-8-9-11-6-3-4-7-12(10)11;1-2;;;/h2*3-10H,2H2,1H3;1-2H2;2*1H;/q;;;;;+2/p-2. The average molecular weight is 505 g/mol. The first-order chi connectivity index (χ1) is 13.3. The Labute approximate surface area is 193 Å². The Morgan fingerprint density at radius 1 is 0.724 bits per heavy atom. The van der Waals surface area contributed by atoms with Gasteiger partial charge in [0.1, 0.15) is 0 Å². The first-order valence-corrected chi connectivity index (χ1v) is 17.1. The molecular weight excluding hydrogens is 474 g/mol. The summed E-state index contributed by atoms with van der Waals surface area (Å²) in [5.41, 5.74) is 6.18. The van der Waals surface area contributed by atoms with Crippen LogP contribution in [0.4, 0.5) is 0 Å². The fraction of sp³-hybridized carbons (Fsp3) is 0.385. The van der Waals surface area contributed by atoms with E-state index in [0.717, 1.165) is 7.25 Å². The Kier molecular flexibility index (Phi) is 7.36. The van der Waals surface area contributed by atoms with Crippen LogP contribution in [0.2, 0.25) is 15.5 Å². The second-order valence-electron chi connectivity index (χ2n) is 8.79. The van der Waals surface area contributed by atoms with Crippen LogP contribution < -0.4 is 24.8 Å². The summed E-state index contributed by atoms with van der Waals surface area (Å²) in [5, 5.41) is 0. The summed E-state index contributed by atoms with van der Waals surface area (Å²) >= 11 is -2.20. The van der Waals surface area contributed by atoms with E-state index in [2.05, 4.69) is 86.7 Å². The van der Waals surface area contributed by atoms with Gasteiger partial charge < -0.3 is 24.8 Å². The Morgan fingerprint density at radius 3 is 1.52 bits per heavy atom. The molecule has 0 nitrogen and oxygen atoms in total. The molecule has 152 valence electrons. The fourth-order valence-electron chi connectivity index (χ4n) is 6.45. The van der Waals surface area contributed by atoms with Crippen LogP contribution in [-0.4, -0.2) is 0 Å². The van der Waals surface area contributed by atoms with Crippen molar-refractivity contribution in [2.24, 2.45) is 0 Å². The van der Waals surface area contributed by atoms with Gasteiger partial charge >= 0.3 is 169 Å². The number of rotatable bonds is 6. The molecule has 1 fully saturated rings. The van der Waals surface area contributed by atoms with Gasteiger partial charge in [0.15, 0.2) is 0 Å². The summed E-state index contributed by atoms with van der Waals surface area (Å²) in [4.78, 5) is 0. The Bertz CT molecular complexity index is 841.